The first-order valence-corrected chi connectivity index (χ1v) is 10.3. The van der Waals surface area contributed by atoms with Gasteiger partial charge >= 0.3 is 0 Å². The van der Waals surface area contributed by atoms with Crippen LogP contribution in [0.1, 0.15) is 36.1 Å². The Kier molecular flexibility index (Phi) is 4.69. The first-order valence-electron chi connectivity index (χ1n) is 8.59. The predicted molar refractivity (Wildman–Crippen MR) is 112 cm³/mol. The van der Waals surface area contributed by atoms with Crippen molar-refractivity contribution in [2.45, 2.75) is 26.2 Å². The Bertz CT molecular complexity index is 1100. The van der Waals surface area contributed by atoms with Gasteiger partial charge in [-0.25, -0.2) is 0 Å². The maximum absolute atomic E-state index is 5.89. The van der Waals surface area contributed by atoms with E-state index in [1.807, 2.05) is 41.8 Å². The molecule has 27 heavy (non-hydrogen) atoms. The van der Waals surface area contributed by atoms with E-state index in [0.717, 1.165) is 20.2 Å². The Morgan fingerprint density at radius 2 is 1.59 bits per heavy atom. The highest BCUT2D eigenvalue weighted by Gasteiger charge is 2.15. The smallest absolute Gasteiger partial charge is 0.258 e. The molecular weight excluding hydrogens is 372 g/mol. The van der Waals surface area contributed by atoms with Gasteiger partial charge in [0.05, 0.1) is 14.6 Å². The molecule has 1 aromatic carbocycles. The fourth-order valence-corrected chi connectivity index (χ4v) is 3.90. The summed E-state index contributed by atoms with van der Waals surface area (Å²) >= 11 is 3.20. The third-order valence-electron chi connectivity index (χ3n) is 4.07. The molecule has 0 aliphatic carbocycles. The quantitative estimate of drug-likeness (QED) is 0.381. The van der Waals surface area contributed by atoms with Gasteiger partial charge in [0.15, 0.2) is 0 Å². The van der Waals surface area contributed by atoms with E-state index in [1.54, 1.807) is 22.7 Å². The molecule has 0 aliphatic rings. The van der Waals surface area contributed by atoms with Crippen molar-refractivity contribution in [3.8, 4) is 34.1 Å². The zero-order valence-electron chi connectivity index (χ0n) is 15.3. The number of thiophene rings is 2. The van der Waals surface area contributed by atoms with Crippen molar-refractivity contribution >= 4 is 22.7 Å². The van der Waals surface area contributed by atoms with E-state index in [1.165, 1.54) is 5.56 Å². The second-order valence-electron chi connectivity index (χ2n) is 7.13. The van der Waals surface area contributed by atoms with E-state index in [0.29, 0.717) is 11.8 Å². The molecule has 0 radical (unpaired) electrons. The Balaban J connectivity index is 1.54. The van der Waals surface area contributed by atoms with Gasteiger partial charge in [0.25, 0.3) is 5.89 Å². The van der Waals surface area contributed by atoms with Gasteiger partial charge in [0.1, 0.15) is 0 Å². The lowest BCUT2D eigenvalue weighted by Crippen LogP contribution is -2.10. The number of benzene rings is 1. The van der Waals surface area contributed by atoms with Crippen LogP contribution in [0.15, 0.2) is 58.3 Å². The van der Waals surface area contributed by atoms with Crippen LogP contribution >= 0.6 is 22.7 Å². The summed E-state index contributed by atoms with van der Waals surface area (Å²) in [6.07, 6.45) is 0. The van der Waals surface area contributed by atoms with Gasteiger partial charge in [-0.2, -0.15) is 0 Å². The van der Waals surface area contributed by atoms with Crippen molar-refractivity contribution in [1.29, 1.82) is 0 Å². The number of rotatable bonds is 2. The van der Waals surface area contributed by atoms with Gasteiger partial charge in [0.2, 0.25) is 5.89 Å². The molecule has 3 nitrogen and oxygen atoms in total. The molecule has 0 N–H and O–H groups in total. The van der Waals surface area contributed by atoms with Crippen molar-refractivity contribution in [1.82, 2.24) is 10.2 Å². The first-order chi connectivity index (χ1) is 13.0. The summed E-state index contributed by atoms with van der Waals surface area (Å²) in [6, 6.07) is 16.3. The Hall–Kier alpha value is -2.68. The van der Waals surface area contributed by atoms with E-state index in [-0.39, 0.29) is 5.41 Å². The average Bonchev–Trinajstić information content (AvgIpc) is 3.39. The van der Waals surface area contributed by atoms with Gasteiger partial charge < -0.3 is 4.42 Å². The molecule has 0 aliphatic heterocycles. The van der Waals surface area contributed by atoms with Crippen molar-refractivity contribution < 1.29 is 4.42 Å². The van der Waals surface area contributed by atoms with Crippen molar-refractivity contribution in [2.24, 2.45) is 0 Å². The normalized spacial score (nSPS) is 11.2. The number of hydrogen-bond donors (Lipinski definition) is 0. The summed E-state index contributed by atoms with van der Waals surface area (Å²) in [6.45, 7) is 6.59. The number of nitrogens with zero attached hydrogens (tertiary/aromatic N) is 2. The minimum atomic E-state index is 0.121. The molecule has 0 atom stereocenters. The van der Waals surface area contributed by atoms with Gasteiger partial charge in [-0.3, -0.25) is 0 Å². The molecule has 3 heterocycles. The molecule has 4 aromatic rings. The summed E-state index contributed by atoms with van der Waals surface area (Å²) in [5, 5.41) is 10.4. The third kappa shape index (κ3) is 4.02. The van der Waals surface area contributed by atoms with Crippen LogP contribution in [0.25, 0.3) is 22.2 Å². The van der Waals surface area contributed by atoms with Gasteiger partial charge in [0, 0.05) is 5.56 Å². The van der Waals surface area contributed by atoms with Crippen molar-refractivity contribution in [3.05, 3.63) is 69.2 Å². The lowest BCUT2D eigenvalue weighted by Gasteiger charge is -2.18. The predicted octanol–water partition coefficient (Wildman–Crippen LogP) is 6.22. The number of aromatic nitrogens is 2. The van der Waals surface area contributed by atoms with E-state index in [9.17, 15) is 0 Å². The third-order valence-corrected chi connectivity index (χ3v) is 5.84. The maximum Gasteiger partial charge on any atom is 0.258 e. The SMILES string of the molecule is CC(C)(C)c1ccc(-c2nnc(-c3ccc(C#Cc4cccs4)s3)o2)cc1. The van der Waals surface area contributed by atoms with Gasteiger partial charge in [-0.05, 0) is 58.5 Å². The molecule has 5 heteroatoms. The fraction of sp³-hybridized carbons (Fsp3) is 0.182. The molecule has 0 saturated heterocycles. The van der Waals surface area contributed by atoms with E-state index in [2.05, 4.69) is 54.9 Å². The van der Waals surface area contributed by atoms with Gasteiger partial charge in [-0.15, -0.1) is 32.9 Å². The van der Waals surface area contributed by atoms with Gasteiger partial charge in [-0.1, -0.05) is 39.0 Å². The molecule has 0 saturated carbocycles. The maximum atomic E-state index is 5.89. The topological polar surface area (TPSA) is 38.9 Å². The number of hydrogen-bond acceptors (Lipinski definition) is 5. The van der Waals surface area contributed by atoms with Crippen LogP contribution in [-0.4, -0.2) is 10.2 Å². The van der Waals surface area contributed by atoms with Crippen LogP contribution < -0.4 is 0 Å². The van der Waals surface area contributed by atoms with Crippen LogP contribution in [0.2, 0.25) is 0 Å². The summed E-state index contributed by atoms with van der Waals surface area (Å²) in [4.78, 5) is 2.96. The summed E-state index contributed by atoms with van der Waals surface area (Å²) in [5.41, 5.74) is 2.32. The van der Waals surface area contributed by atoms with Crippen LogP contribution in [0.4, 0.5) is 0 Å². The van der Waals surface area contributed by atoms with E-state index < -0.39 is 0 Å². The van der Waals surface area contributed by atoms with Crippen LogP contribution in [0.3, 0.4) is 0 Å². The second-order valence-corrected chi connectivity index (χ2v) is 9.16. The molecule has 0 bridgehead atoms. The Morgan fingerprint density at radius 1 is 0.852 bits per heavy atom. The molecule has 0 amide bonds. The lowest BCUT2D eigenvalue weighted by molar-refractivity contribution is 0.583. The van der Waals surface area contributed by atoms with Crippen LogP contribution in [0.5, 0.6) is 0 Å². The molecule has 0 unspecified atom stereocenters. The first kappa shape index (κ1) is 17.7. The zero-order chi connectivity index (χ0) is 18.9. The minimum Gasteiger partial charge on any atom is -0.415 e. The Labute approximate surface area is 166 Å². The van der Waals surface area contributed by atoms with Crippen molar-refractivity contribution in [2.75, 3.05) is 0 Å². The van der Waals surface area contributed by atoms with E-state index in [4.69, 9.17) is 4.42 Å². The lowest BCUT2D eigenvalue weighted by atomic mass is 9.87. The average molecular weight is 391 g/mol. The minimum absolute atomic E-state index is 0.121. The molecule has 4 rings (SSSR count). The van der Waals surface area contributed by atoms with Crippen LogP contribution in [-0.2, 0) is 5.41 Å². The molecule has 134 valence electrons. The highest BCUT2D eigenvalue weighted by atomic mass is 32.1. The monoisotopic (exact) mass is 390 g/mol. The van der Waals surface area contributed by atoms with E-state index >= 15 is 0 Å². The molecule has 3 aromatic heterocycles. The van der Waals surface area contributed by atoms with Crippen LogP contribution in [0, 0.1) is 11.8 Å². The highest BCUT2D eigenvalue weighted by molar-refractivity contribution is 7.16. The fourth-order valence-electron chi connectivity index (χ4n) is 2.55. The molecule has 0 fully saturated rings. The molecular formula is C22H18N2OS2. The zero-order valence-corrected chi connectivity index (χ0v) is 16.9. The molecule has 0 spiro atoms. The summed E-state index contributed by atoms with van der Waals surface area (Å²) in [5.74, 6) is 7.41. The standard InChI is InChI=1S/C22H18N2OS2/c1-22(2,3)16-8-6-15(7-9-16)20-23-24-21(25-20)19-13-12-18(27-19)11-10-17-5-4-14-26-17/h4-9,12-14H,1-3H3. The second kappa shape index (κ2) is 7.15. The summed E-state index contributed by atoms with van der Waals surface area (Å²) in [7, 11) is 0. The largest absolute Gasteiger partial charge is 0.415 e. The summed E-state index contributed by atoms with van der Waals surface area (Å²) < 4.78 is 5.89. The van der Waals surface area contributed by atoms with Crippen molar-refractivity contribution in [3.63, 3.8) is 0 Å². The highest BCUT2D eigenvalue weighted by Crippen LogP contribution is 2.30. The Morgan fingerprint density at radius 3 is 2.30 bits per heavy atom.